The van der Waals surface area contributed by atoms with Crippen molar-refractivity contribution in [3.05, 3.63) is 40.2 Å². The van der Waals surface area contributed by atoms with Gasteiger partial charge in [-0.15, -0.1) is 11.3 Å². The Morgan fingerprint density at radius 3 is 2.80 bits per heavy atom. The Balaban J connectivity index is 1.80. The highest BCUT2D eigenvalue weighted by Gasteiger charge is 2.26. The standard InChI is InChI=1S/C19H24N2O3S/c1-12(2)10-16(22)21-19-17(14-7-3-4-8-15(14)25-19)18(23)20-11-13-6-5-9-24-13/h5-6,9,12H,3-4,7-8,10-11H2,1-2H3,(H,20,23)(H,21,22). The minimum atomic E-state index is -0.143. The van der Waals surface area contributed by atoms with Crippen LogP contribution >= 0.6 is 11.3 Å². The Kier molecular flexibility index (Phi) is 5.58. The van der Waals surface area contributed by atoms with Gasteiger partial charge in [0.1, 0.15) is 10.8 Å². The van der Waals surface area contributed by atoms with E-state index in [9.17, 15) is 9.59 Å². The van der Waals surface area contributed by atoms with E-state index in [4.69, 9.17) is 4.42 Å². The highest BCUT2D eigenvalue weighted by molar-refractivity contribution is 7.17. The van der Waals surface area contributed by atoms with Gasteiger partial charge in [-0.2, -0.15) is 0 Å². The van der Waals surface area contributed by atoms with Gasteiger partial charge in [-0.05, 0) is 49.3 Å². The van der Waals surface area contributed by atoms with Crippen molar-refractivity contribution in [2.45, 2.75) is 52.5 Å². The fourth-order valence-corrected chi connectivity index (χ4v) is 4.41. The van der Waals surface area contributed by atoms with Gasteiger partial charge in [0.25, 0.3) is 5.91 Å². The maximum absolute atomic E-state index is 12.8. The first-order chi connectivity index (χ1) is 12.0. The summed E-state index contributed by atoms with van der Waals surface area (Å²) in [6.07, 6.45) is 6.15. The summed E-state index contributed by atoms with van der Waals surface area (Å²) in [6.45, 7) is 4.36. The van der Waals surface area contributed by atoms with Crippen LogP contribution < -0.4 is 10.6 Å². The van der Waals surface area contributed by atoms with Crippen LogP contribution in [0.5, 0.6) is 0 Å². The number of fused-ring (bicyclic) bond motifs is 1. The number of carbonyl (C=O) groups excluding carboxylic acids is 2. The Morgan fingerprint density at radius 2 is 2.08 bits per heavy atom. The molecule has 1 aliphatic rings. The third-order valence-electron chi connectivity index (χ3n) is 4.25. The van der Waals surface area contributed by atoms with Crippen molar-refractivity contribution in [1.29, 1.82) is 0 Å². The summed E-state index contributed by atoms with van der Waals surface area (Å²) in [4.78, 5) is 26.2. The predicted octanol–water partition coefficient (Wildman–Crippen LogP) is 4.13. The highest BCUT2D eigenvalue weighted by atomic mass is 32.1. The highest BCUT2D eigenvalue weighted by Crippen LogP contribution is 2.38. The van der Waals surface area contributed by atoms with Crippen molar-refractivity contribution in [3.63, 3.8) is 0 Å². The predicted molar refractivity (Wildman–Crippen MR) is 98.9 cm³/mol. The second-order valence-corrected chi connectivity index (χ2v) is 7.93. The second kappa shape index (κ2) is 7.87. The summed E-state index contributed by atoms with van der Waals surface area (Å²) in [6, 6.07) is 3.63. The maximum atomic E-state index is 12.8. The molecule has 5 nitrogen and oxygen atoms in total. The van der Waals surface area contributed by atoms with Gasteiger partial charge in [0.2, 0.25) is 5.91 Å². The van der Waals surface area contributed by atoms with Crippen LogP contribution in [0.4, 0.5) is 5.00 Å². The number of aryl methyl sites for hydroxylation is 1. The summed E-state index contributed by atoms with van der Waals surface area (Å²) in [5.74, 6) is 0.818. The number of thiophene rings is 1. The smallest absolute Gasteiger partial charge is 0.254 e. The number of hydrogen-bond acceptors (Lipinski definition) is 4. The number of carbonyl (C=O) groups is 2. The van der Waals surface area contributed by atoms with E-state index in [1.165, 1.54) is 4.88 Å². The molecule has 1 aliphatic carbocycles. The largest absolute Gasteiger partial charge is 0.467 e. The third kappa shape index (κ3) is 4.31. The summed E-state index contributed by atoms with van der Waals surface area (Å²) in [7, 11) is 0. The van der Waals surface area contributed by atoms with Gasteiger partial charge in [-0.25, -0.2) is 0 Å². The fraction of sp³-hybridized carbons (Fsp3) is 0.474. The summed E-state index contributed by atoms with van der Waals surface area (Å²) in [5, 5.41) is 6.57. The topological polar surface area (TPSA) is 71.3 Å². The molecule has 25 heavy (non-hydrogen) atoms. The lowest BCUT2D eigenvalue weighted by molar-refractivity contribution is -0.116. The van der Waals surface area contributed by atoms with E-state index in [1.807, 2.05) is 19.9 Å². The van der Waals surface area contributed by atoms with Crippen molar-refractivity contribution < 1.29 is 14.0 Å². The maximum Gasteiger partial charge on any atom is 0.254 e. The average molecular weight is 360 g/mol. The molecule has 0 fully saturated rings. The lowest BCUT2D eigenvalue weighted by Crippen LogP contribution is -2.25. The minimum Gasteiger partial charge on any atom is -0.467 e. The van der Waals surface area contributed by atoms with Gasteiger partial charge >= 0.3 is 0 Å². The Labute approximate surface area is 151 Å². The van der Waals surface area contributed by atoms with Gasteiger partial charge in [-0.3, -0.25) is 9.59 Å². The Hall–Kier alpha value is -2.08. The Morgan fingerprint density at radius 1 is 1.28 bits per heavy atom. The van der Waals surface area contributed by atoms with Crippen molar-refractivity contribution in [1.82, 2.24) is 5.32 Å². The molecule has 0 aliphatic heterocycles. The molecular weight excluding hydrogens is 336 g/mol. The van der Waals surface area contributed by atoms with Crippen molar-refractivity contribution in [2.75, 3.05) is 5.32 Å². The quantitative estimate of drug-likeness (QED) is 0.813. The van der Waals surface area contributed by atoms with E-state index >= 15 is 0 Å². The average Bonchev–Trinajstić information content (AvgIpc) is 3.18. The van der Waals surface area contributed by atoms with E-state index in [1.54, 1.807) is 23.7 Å². The van der Waals surface area contributed by atoms with Gasteiger partial charge in [0, 0.05) is 11.3 Å². The first kappa shape index (κ1) is 17.7. The molecule has 6 heteroatoms. The number of furan rings is 1. The van der Waals surface area contributed by atoms with E-state index in [0.29, 0.717) is 29.3 Å². The number of amides is 2. The molecule has 0 spiro atoms. The summed E-state index contributed by atoms with van der Waals surface area (Å²) in [5.41, 5.74) is 1.75. The molecule has 0 saturated carbocycles. The zero-order chi connectivity index (χ0) is 17.8. The van der Waals surface area contributed by atoms with Crippen molar-refractivity contribution >= 4 is 28.2 Å². The number of hydrogen-bond donors (Lipinski definition) is 2. The van der Waals surface area contributed by atoms with Crippen LogP contribution in [0.2, 0.25) is 0 Å². The Bertz CT molecular complexity index is 747. The zero-order valence-corrected chi connectivity index (χ0v) is 15.5. The number of nitrogens with one attached hydrogen (secondary N) is 2. The van der Waals surface area contributed by atoms with Gasteiger partial charge < -0.3 is 15.1 Å². The molecule has 2 heterocycles. The molecule has 2 amide bonds. The molecule has 0 atom stereocenters. The molecule has 0 radical (unpaired) electrons. The van der Waals surface area contributed by atoms with E-state index in [-0.39, 0.29) is 17.7 Å². The third-order valence-corrected chi connectivity index (χ3v) is 5.46. The number of rotatable bonds is 6. The normalized spacial score (nSPS) is 13.6. The van der Waals surface area contributed by atoms with Crippen molar-refractivity contribution in [3.8, 4) is 0 Å². The van der Waals surface area contributed by atoms with E-state index in [2.05, 4.69) is 10.6 Å². The molecule has 3 rings (SSSR count). The van der Waals surface area contributed by atoms with Crippen LogP contribution in [-0.4, -0.2) is 11.8 Å². The van der Waals surface area contributed by atoms with Crippen LogP contribution in [0.15, 0.2) is 22.8 Å². The first-order valence-corrected chi connectivity index (χ1v) is 9.61. The van der Waals surface area contributed by atoms with Crippen LogP contribution in [0, 0.1) is 5.92 Å². The van der Waals surface area contributed by atoms with Crippen molar-refractivity contribution in [2.24, 2.45) is 5.92 Å². The minimum absolute atomic E-state index is 0.0336. The fourth-order valence-electron chi connectivity index (χ4n) is 3.11. The van der Waals surface area contributed by atoms with Crippen LogP contribution in [-0.2, 0) is 24.2 Å². The molecule has 2 aromatic heterocycles. The van der Waals surface area contributed by atoms with E-state index in [0.717, 1.165) is 31.2 Å². The SMILES string of the molecule is CC(C)CC(=O)Nc1sc2c(c1C(=O)NCc1ccco1)CCCC2. The first-order valence-electron chi connectivity index (χ1n) is 8.79. The summed E-state index contributed by atoms with van der Waals surface area (Å²) >= 11 is 1.55. The van der Waals surface area contributed by atoms with Crippen LogP contribution in [0.25, 0.3) is 0 Å². The van der Waals surface area contributed by atoms with Crippen LogP contribution in [0.3, 0.4) is 0 Å². The monoisotopic (exact) mass is 360 g/mol. The van der Waals surface area contributed by atoms with Crippen LogP contribution in [0.1, 0.15) is 59.7 Å². The molecule has 2 aromatic rings. The molecule has 0 unspecified atom stereocenters. The summed E-state index contributed by atoms with van der Waals surface area (Å²) < 4.78 is 5.27. The molecule has 0 aromatic carbocycles. The molecule has 2 N–H and O–H groups in total. The van der Waals surface area contributed by atoms with E-state index < -0.39 is 0 Å². The van der Waals surface area contributed by atoms with Gasteiger partial charge in [-0.1, -0.05) is 13.8 Å². The molecule has 0 saturated heterocycles. The lowest BCUT2D eigenvalue weighted by atomic mass is 9.95. The lowest BCUT2D eigenvalue weighted by Gasteiger charge is -2.13. The number of anilines is 1. The van der Waals surface area contributed by atoms with Gasteiger partial charge in [0.05, 0.1) is 18.4 Å². The second-order valence-electron chi connectivity index (χ2n) is 6.82. The molecular formula is C19H24N2O3S. The van der Waals surface area contributed by atoms with Gasteiger partial charge in [0.15, 0.2) is 0 Å². The molecule has 134 valence electrons. The molecule has 0 bridgehead atoms. The zero-order valence-electron chi connectivity index (χ0n) is 14.7.